The summed E-state index contributed by atoms with van der Waals surface area (Å²) in [4.78, 5) is 25.3. The van der Waals surface area contributed by atoms with Gasteiger partial charge < -0.3 is 19.5 Å². The Morgan fingerprint density at radius 1 is 1.27 bits per heavy atom. The maximum absolute atomic E-state index is 12.6. The molecule has 2 atom stereocenters. The summed E-state index contributed by atoms with van der Waals surface area (Å²) in [5.41, 5.74) is 3.27. The molecule has 22 heavy (non-hydrogen) atoms. The lowest BCUT2D eigenvalue weighted by molar-refractivity contribution is -0.161. The molecule has 0 bridgehead atoms. The van der Waals surface area contributed by atoms with E-state index in [2.05, 4.69) is 0 Å². The van der Waals surface area contributed by atoms with Crippen LogP contribution in [-0.2, 0) is 20.7 Å². The molecule has 0 aromatic heterocycles. The second-order valence-corrected chi connectivity index (χ2v) is 5.82. The van der Waals surface area contributed by atoms with E-state index < -0.39 is 18.1 Å². The van der Waals surface area contributed by atoms with Gasteiger partial charge in [-0.05, 0) is 36.6 Å². The number of carboxylic acid groups (broad SMARTS) is 1. The van der Waals surface area contributed by atoms with Gasteiger partial charge in [0.1, 0.15) is 5.75 Å². The van der Waals surface area contributed by atoms with E-state index >= 15 is 0 Å². The van der Waals surface area contributed by atoms with Crippen LogP contribution in [0, 0.1) is 13.8 Å². The van der Waals surface area contributed by atoms with E-state index in [-0.39, 0.29) is 19.1 Å². The molecule has 0 aliphatic carbocycles. The number of carbonyl (C=O) groups is 2. The number of aryl methyl sites for hydroxylation is 2. The largest absolute Gasteiger partial charge is 0.480 e. The van der Waals surface area contributed by atoms with Crippen molar-refractivity contribution < 1.29 is 24.2 Å². The fourth-order valence-electron chi connectivity index (χ4n) is 2.91. The van der Waals surface area contributed by atoms with Gasteiger partial charge in [-0.25, -0.2) is 4.79 Å². The number of morpholine rings is 1. The molecule has 1 amide bonds. The van der Waals surface area contributed by atoms with Crippen LogP contribution in [0.5, 0.6) is 5.75 Å². The SMILES string of the molecule is Cc1cc2c(cc1C)O[C@@H](C(=O)N1CCOC[C@@H]1C(=O)O)C2. The van der Waals surface area contributed by atoms with E-state index in [0.29, 0.717) is 13.0 Å². The monoisotopic (exact) mass is 305 g/mol. The predicted octanol–water partition coefficient (Wildman–Crippen LogP) is 0.919. The highest BCUT2D eigenvalue weighted by atomic mass is 16.5. The Balaban J connectivity index is 1.78. The van der Waals surface area contributed by atoms with E-state index in [4.69, 9.17) is 9.47 Å². The van der Waals surface area contributed by atoms with Crippen LogP contribution in [0.4, 0.5) is 0 Å². The summed E-state index contributed by atoms with van der Waals surface area (Å²) in [6, 6.07) is 3.04. The van der Waals surface area contributed by atoms with Crippen molar-refractivity contribution >= 4 is 11.9 Å². The molecule has 3 rings (SSSR count). The van der Waals surface area contributed by atoms with Gasteiger partial charge in [0.25, 0.3) is 5.91 Å². The summed E-state index contributed by atoms with van der Waals surface area (Å²) >= 11 is 0. The molecule has 1 fully saturated rings. The zero-order valence-corrected chi connectivity index (χ0v) is 12.7. The smallest absolute Gasteiger partial charge is 0.328 e. The molecule has 1 aromatic rings. The quantitative estimate of drug-likeness (QED) is 0.879. The second kappa shape index (κ2) is 5.61. The number of benzene rings is 1. The van der Waals surface area contributed by atoms with Crippen LogP contribution in [0.1, 0.15) is 16.7 Å². The first kappa shape index (κ1) is 14.8. The van der Waals surface area contributed by atoms with Gasteiger partial charge in [0.15, 0.2) is 12.1 Å². The fraction of sp³-hybridized carbons (Fsp3) is 0.500. The molecule has 118 valence electrons. The molecule has 6 heteroatoms. The van der Waals surface area contributed by atoms with Crippen molar-refractivity contribution in [2.24, 2.45) is 0 Å². The molecule has 1 N–H and O–H groups in total. The van der Waals surface area contributed by atoms with E-state index in [9.17, 15) is 14.7 Å². The van der Waals surface area contributed by atoms with E-state index in [0.717, 1.165) is 22.4 Å². The first-order chi connectivity index (χ1) is 10.5. The zero-order chi connectivity index (χ0) is 15.9. The minimum absolute atomic E-state index is 0.0267. The molecule has 0 spiro atoms. The van der Waals surface area contributed by atoms with Gasteiger partial charge >= 0.3 is 5.97 Å². The summed E-state index contributed by atoms with van der Waals surface area (Å²) in [6.07, 6.45) is -0.157. The molecule has 2 aliphatic rings. The summed E-state index contributed by atoms with van der Waals surface area (Å²) in [7, 11) is 0. The molecule has 2 heterocycles. The standard InChI is InChI=1S/C16H19NO5/c1-9-5-11-7-14(22-13(11)6-10(9)2)15(18)17-3-4-21-8-12(17)16(19)20/h5-6,12,14H,3-4,7-8H2,1-2H3,(H,19,20)/t12-,14-/m1/s1. The van der Waals surface area contributed by atoms with Crippen molar-refractivity contribution in [3.63, 3.8) is 0 Å². The molecule has 1 aromatic carbocycles. The molecule has 2 aliphatic heterocycles. The van der Waals surface area contributed by atoms with Crippen molar-refractivity contribution in [3.8, 4) is 5.75 Å². The van der Waals surface area contributed by atoms with E-state index in [1.54, 1.807) is 0 Å². The Kier molecular flexibility index (Phi) is 3.78. The number of carboxylic acids is 1. The molecule has 0 unspecified atom stereocenters. The van der Waals surface area contributed by atoms with Gasteiger partial charge in [-0.2, -0.15) is 0 Å². The molecule has 6 nitrogen and oxygen atoms in total. The number of hydrogen-bond acceptors (Lipinski definition) is 4. The zero-order valence-electron chi connectivity index (χ0n) is 12.7. The summed E-state index contributed by atoms with van der Waals surface area (Å²) in [6.45, 7) is 4.68. The van der Waals surface area contributed by atoms with E-state index in [1.165, 1.54) is 4.90 Å². The van der Waals surface area contributed by atoms with Crippen LogP contribution < -0.4 is 4.74 Å². The Bertz CT molecular complexity index is 596. The number of hydrogen-bond donors (Lipinski definition) is 1. The average Bonchev–Trinajstić information content (AvgIpc) is 2.89. The molecular formula is C16H19NO5. The third-order valence-corrected chi connectivity index (χ3v) is 4.32. The lowest BCUT2D eigenvalue weighted by atomic mass is 10.0. The van der Waals surface area contributed by atoms with Gasteiger partial charge in [-0.3, -0.25) is 4.79 Å². The van der Waals surface area contributed by atoms with Crippen LogP contribution in [0.25, 0.3) is 0 Å². The fourth-order valence-corrected chi connectivity index (χ4v) is 2.91. The highest BCUT2D eigenvalue weighted by Crippen LogP contribution is 2.32. The van der Waals surface area contributed by atoms with Gasteiger partial charge in [0.05, 0.1) is 13.2 Å². The normalized spacial score (nSPS) is 23.8. The van der Waals surface area contributed by atoms with Crippen LogP contribution >= 0.6 is 0 Å². The first-order valence-electron chi connectivity index (χ1n) is 7.35. The Morgan fingerprint density at radius 2 is 2.00 bits per heavy atom. The predicted molar refractivity (Wildman–Crippen MR) is 78.0 cm³/mol. The molecule has 1 saturated heterocycles. The van der Waals surface area contributed by atoms with Crippen LogP contribution in [0.15, 0.2) is 12.1 Å². The molecule has 0 radical (unpaired) electrons. The Hall–Kier alpha value is -2.08. The molecule has 0 saturated carbocycles. The number of fused-ring (bicyclic) bond motifs is 1. The summed E-state index contributed by atoms with van der Waals surface area (Å²) in [5, 5.41) is 9.23. The highest BCUT2D eigenvalue weighted by molar-refractivity contribution is 5.87. The lowest BCUT2D eigenvalue weighted by Crippen LogP contribution is -2.56. The topological polar surface area (TPSA) is 76.1 Å². The summed E-state index contributed by atoms with van der Waals surface area (Å²) in [5.74, 6) is -0.598. The van der Waals surface area contributed by atoms with Gasteiger partial charge in [0.2, 0.25) is 0 Å². The van der Waals surface area contributed by atoms with E-state index in [1.807, 2.05) is 26.0 Å². The minimum atomic E-state index is -1.05. The van der Waals surface area contributed by atoms with Crippen molar-refractivity contribution in [3.05, 3.63) is 28.8 Å². The third kappa shape index (κ3) is 2.54. The Morgan fingerprint density at radius 3 is 2.73 bits per heavy atom. The number of aliphatic carboxylic acids is 1. The van der Waals surface area contributed by atoms with Crippen LogP contribution in [-0.4, -0.2) is 53.8 Å². The molecular weight excluding hydrogens is 286 g/mol. The van der Waals surface area contributed by atoms with Crippen molar-refractivity contribution in [1.29, 1.82) is 0 Å². The highest BCUT2D eigenvalue weighted by Gasteiger charge is 2.39. The van der Waals surface area contributed by atoms with Gasteiger partial charge in [-0.15, -0.1) is 0 Å². The summed E-state index contributed by atoms with van der Waals surface area (Å²) < 4.78 is 10.9. The number of carbonyl (C=O) groups excluding carboxylic acids is 1. The first-order valence-corrected chi connectivity index (χ1v) is 7.35. The van der Waals surface area contributed by atoms with Crippen molar-refractivity contribution in [1.82, 2.24) is 4.90 Å². The average molecular weight is 305 g/mol. The van der Waals surface area contributed by atoms with Gasteiger partial charge in [-0.1, -0.05) is 6.07 Å². The maximum Gasteiger partial charge on any atom is 0.328 e. The Labute approximate surface area is 128 Å². The number of rotatable bonds is 2. The number of amides is 1. The maximum atomic E-state index is 12.6. The second-order valence-electron chi connectivity index (χ2n) is 5.82. The van der Waals surface area contributed by atoms with Crippen LogP contribution in [0.3, 0.4) is 0 Å². The number of nitrogens with zero attached hydrogens (tertiary/aromatic N) is 1. The van der Waals surface area contributed by atoms with Crippen molar-refractivity contribution in [2.45, 2.75) is 32.4 Å². The van der Waals surface area contributed by atoms with Crippen molar-refractivity contribution in [2.75, 3.05) is 19.8 Å². The number of ether oxygens (including phenoxy) is 2. The van der Waals surface area contributed by atoms with Gasteiger partial charge in [0, 0.05) is 13.0 Å². The minimum Gasteiger partial charge on any atom is -0.480 e. The van der Waals surface area contributed by atoms with Crippen LogP contribution in [0.2, 0.25) is 0 Å². The third-order valence-electron chi connectivity index (χ3n) is 4.32. The lowest BCUT2D eigenvalue weighted by Gasteiger charge is -2.34.